The van der Waals surface area contributed by atoms with Crippen LogP contribution in [0, 0.1) is 0 Å². The molecule has 3 heteroatoms. The Morgan fingerprint density at radius 3 is 2.86 bits per heavy atom. The summed E-state index contributed by atoms with van der Waals surface area (Å²) in [6.45, 7) is 0. The van der Waals surface area contributed by atoms with Gasteiger partial charge in [-0.15, -0.1) is 0 Å². The first-order chi connectivity index (χ1) is 6.85. The molecule has 0 aliphatic carbocycles. The highest BCUT2D eigenvalue weighted by atomic mass is 16.5. The number of aldehydes is 1. The number of para-hydroxylation sites is 1. The Hall–Kier alpha value is -1.90. The second kappa shape index (κ2) is 3.46. The van der Waals surface area contributed by atoms with Crippen LogP contribution in [-0.2, 0) is 0 Å². The van der Waals surface area contributed by atoms with Gasteiger partial charge in [0.1, 0.15) is 0 Å². The van der Waals surface area contributed by atoms with Gasteiger partial charge in [0, 0.05) is 17.0 Å². The molecule has 70 valence electrons. The molecule has 0 fully saturated rings. The van der Waals surface area contributed by atoms with Crippen molar-refractivity contribution in [1.29, 1.82) is 0 Å². The van der Waals surface area contributed by atoms with E-state index in [4.69, 9.17) is 4.74 Å². The molecule has 0 aliphatic rings. The molecule has 3 nitrogen and oxygen atoms in total. The molecule has 0 bridgehead atoms. The third kappa shape index (κ3) is 1.33. The lowest BCUT2D eigenvalue weighted by molar-refractivity contribution is 0.112. The van der Waals surface area contributed by atoms with E-state index in [1.807, 2.05) is 18.2 Å². The minimum Gasteiger partial charge on any atom is -0.481 e. The van der Waals surface area contributed by atoms with Crippen molar-refractivity contribution in [2.45, 2.75) is 0 Å². The zero-order valence-corrected chi connectivity index (χ0v) is 7.73. The topological polar surface area (TPSA) is 39.2 Å². The quantitative estimate of drug-likeness (QED) is 0.675. The Morgan fingerprint density at radius 2 is 2.14 bits per heavy atom. The summed E-state index contributed by atoms with van der Waals surface area (Å²) in [5, 5.41) is 0.940. The number of hydrogen-bond donors (Lipinski definition) is 0. The van der Waals surface area contributed by atoms with E-state index >= 15 is 0 Å². The highest BCUT2D eigenvalue weighted by molar-refractivity contribution is 5.95. The van der Waals surface area contributed by atoms with Gasteiger partial charge in [0.05, 0.1) is 12.6 Å². The fourth-order valence-electron chi connectivity index (χ4n) is 1.36. The SMILES string of the molecule is COc1ccc2cccc(C=O)c2n1. The number of hydrogen-bond acceptors (Lipinski definition) is 3. The smallest absolute Gasteiger partial charge is 0.213 e. The Morgan fingerprint density at radius 1 is 1.29 bits per heavy atom. The average Bonchev–Trinajstić information content (AvgIpc) is 2.27. The van der Waals surface area contributed by atoms with E-state index in [1.165, 1.54) is 0 Å². The summed E-state index contributed by atoms with van der Waals surface area (Å²) in [6.07, 6.45) is 0.800. The lowest BCUT2D eigenvalue weighted by atomic mass is 10.1. The van der Waals surface area contributed by atoms with Gasteiger partial charge < -0.3 is 4.74 Å². The number of aromatic nitrogens is 1. The maximum absolute atomic E-state index is 10.7. The van der Waals surface area contributed by atoms with E-state index in [-0.39, 0.29) is 0 Å². The summed E-state index contributed by atoms with van der Waals surface area (Å²) in [5.74, 6) is 0.520. The monoisotopic (exact) mass is 187 g/mol. The molecule has 1 heterocycles. The summed E-state index contributed by atoms with van der Waals surface area (Å²) in [4.78, 5) is 15.0. The van der Waals surface area contributed by atoms with Gasteiger partial charge in [-0.2, -0.15) is 0 Å². The van der Waals surface area contributed by atoms with Gasteiger partial charge in [-0.1, -0.05) is 12.1 Å². The van der Waals surface area contributed by atoms with E-state index in [1.54, 1.807) is 19.2 Å². The van der Waals surface area contributed by atoms with Crippen LogP contribution in [0.4, 0.5) is 0 Å². The molecular formula is C11H9NO2. The van der Waals surface area contributed by atoms with Crippen LogP contribution >= 0.6 is 0 Å². The molecule has 0 unspecified atom stereocenters. The number of nitrogens with zero attached hydrogens (tertiary/aromatic N) is 1. The van der Waals surface area contributed by atoms with Gasteiger partial charge in [-0.3, -0.25) is 4.79 Å². The molecule has 0 atom stereocenters. The lowest BCUT2D eigenvalue weighted by Gasteiger charge is -2.02. The zero-order valence-electron chi connectivity index (χ0n) is 7.73. The van der Waals surface area contributed by atoms with Crippen LogP contribution in [0.15, 0.2) is 30.3 Å². The predicted octanol–water partition coefficient (Wildman–Crippen LogP) is 2.06. The summed E-state index contributed by atoms with van der Waals surface area (Å²) >= 11 is 0. The van der Waals surface area contributed by atoms with Crippen LogP contribution in [0.2, 0.25) is 0 Å². The van der Waals surface area contributed by atoms with Gasteiger partial charge >= 0.3 is 0 Å². The van der Waals surface area contributed by atoms with Crippen LogP contribution in [0.25, 0.3) is 10.9 Å². The van der Waals surface area contributed by atoms with Crippen LogP contribution in [0.3, 0.4) is 0 Å². The molecular weight excluding hydrogens is 178 g/mol. The minimum absolute atomic E-state index is 0.520. The standard InChI is InChI=1S/C11H9NO2/c1-14-10-6-5-8-3-2-4-9(7-13)11(8)12-10/h2-7H,1H3. The molecule has 2 rings (SSSR count). The van der Waals surface area contributed by atoms with Crippen molar-refractivity contribution in [3.63, 3.8) is 0 Å². The Bertz CT molecular complexity index is 480. The molecule has 0 saturated carbocycles. The number of fused-ring (bicyclic) bond motifs is 1. The second-order valence-corrected chi connectivity index (χ2v) is 2.89. The van der Waals surface area contributed by atoms with Gasteiger partial charge in [-0.05, 0) is 12.1 Å². The number of pyridine rings is 1. The van der Waals surface area contributed by atoms with Crippen molar-refractivity contribution in [2.24, 2.45) is 0 Å². The number of ether oxygens (including phenoxy) is 1. The summed E-state index contributed by atoms with van der Waals surface area (Å²) in [5.41, 5.74) is 1.27. The third-order valence-corrected chi connectivity index (χ3v) is 2.06. The van der Waals surface area contributed by atoms with E-state index in [9.17, 15) is 4.79 Å². The normalized spacial score (nSPS) is 10.1. The largest absolute Gasteiger partial charge is 0.481 e. The van der Waals surface area contributed by atoms with E-state index < -0.39 is 0 Å². The summed E-state index contributed by atoms with van der Waals surface area (Å²) < 4.78 is 4.99. The van der Waals surface area contributed by atoms with Gasteiger partial charge in [0.25, 0.3) is 0 Å². The number of methoxy groups -OCH3 is 1. The van der Waals surface area contributed by atoms with E-state index in [0.29, 0.717) is 17.0 Å². The molecule has 0 saturated heterocycles. The van der Waals surface area contributed by atoms with Crippen molar-refractivity contribution >= 4 is 17.2 Å². The van der Waals surface area contributed by atoms with E-state index in [0.717, 1.165) is 11.7 Å². The van der Waals surface area contributed by atoms with Crippen LogP contribution in [-0.4, -0.2) is 18.4 Å². The molecule has 0 aliphatic heterocycles. The summed E-state index contributed by atoms with van der Waals surface area (Å²) in [6, 6.07) is 9.14. The number of rotatable bonds is 2. The zero-order chi connectivity index (χ0) is 9.97. The first-order valence-electron chi connectivity index (χ1n) is 4.24. The Kier molecular flexibility index (Phi) is 2.14. The predicted molar refractivity (Wildman–Crippen MR) is 53.7 cm³/mol. The van der Waals surface area contributed by atoms with Crippen LogP contribution < -0.4 is 4.74 Å². The minimum atomic E-state index is 0.520. The highest BCUT2D eigenvalue weighted by Gasteiger charge is 2.02. The van der Waals surface area contributed by atoms with Crippen molar-refractivity contribution < 1.29 is 9.53 Å². The Balaban J connectivity index is 2.76. The number of carbonyl (C=O) groups is 1. The molecule has 14 heavy (non-hydrogen) atoms. The molecule has 1 aromatic heterocycles. The molecule has 2 aromatic rings. The number of carbonyl (C=O) groups excluding carboxylic acids is 1. The highest BCUT2D eigenvalue weighted by Crippen LogP contribution is 2.18. The van der Waals surface area contributed by atoms with Crippen molar-refractivity contribution in [3.05, 3.63) is 35.9 Å². The fraction of sp³-hybridized carbons (Fsp3) is 0.0909. The van der Waals surface area contributed by atoms with Gasteiger partial charge in [0.2, 0.25) is 5.88 Å². The third-order valence-electron chi connectivity index (χ3n) is 2.06. The van der Waals surface area contributed by atoms with Crippen molar-refractivity contribution in [3.8, 4) is 5.88 Å². The molecule has 1 aromatic carbocycles. The second-order valence-electron chi connectivity index (χ2n) is 2.89. The van der Waals surface area contributed by atoms with E-state index in [2.05, 4.69) is 4.98 Å². The van der Waals surface area contributed by atoms with Crippen molar-refractivity contribution in [1.82, 2.24) is 4.98 Å². The van der Waals surface area contributed by atoms with Gasteiger partial charge in [-0.25, -0.2) is 4.98 Å². The number of benzene rings is 1. The maximum atomic E-state index is 10.7. The Labute approximate surface area is 81.3 Å². The molecule has 0 N–H and O–H groups in total. The van der Waals surface area contributed by atoms with Gasteiger partial charge in [0.15, 0.2) is 6.29 Å². The van der Waals surface area contributed by atoms with Crippen LogP contribution in [0.5, 0.6) is 5.88 Å². The fourth-order valence-corrected chi connectivity index (χ4v) is 1.36. The van der Waals surface area contributed by atoms with Crippen LogP contribution in [0.1, 0.15) is 10.4 Å². The lowest BCUT2D eigenvalue weighted by Crippen LogP contribution is -1.91. The first kappa shape index (κ1) is 8.69. The molecule has 0 spiro atoms. The average molecular weight is 187 g/mol. The summed E-state index contributed by atoms with van der Waals surface area (Å²) in [7, 11) is 1.55. The molecule has 0 radical (unpaired) electrons. The maximum Gasteiger partial charge on any atom is 0.213 e. The molecule has 0 amide bonds. The van der Waals surface area contributed by atoms with Crippen molar-refractivity contribution in [2.75, 3.05) is 7.11 Å². The first-order valence-corrected chi connectivity index (χ1v) is 4.24.